The molecule has 2 bridgehead atoms. The van der Waals surface area contributed by atoms with Crippen LogP contribution in [0.2, 0.25) is 0 Å². The number of fused-ring (bicyclic) bond motifs is 4. The maximum Gasteiger partial charge on any atom is 0.327 e. The maximum atomic E-state index is 15.0. The largest absolute Gasteiger partial charge is 0.460 e. The summed E-state index contributed by atoms with van der Waals surface area (Å²) in [4.78, 5) is 61.9. The normalized spacial score (nSPS) is 28.5. The Morgan fingerprint density at radius 3 is 2.33 bits per heavy atom. The Hall–Kier alpha value is -2.41. The fourth-order valence-electron chi connectivity index (χ4n) is 8.38. The predicted octanol–water partition coefficient (Wildman–Crippen LogP) is 4.20. The number of unbranched alkanes of at least 4 members (excludes halogenated alkanes) is 4. The van der Waals surface area contributed by atoms with Gasteiger partial charge in [0.15, 0.2) is 11.8 Å². The van der Waals surface area contributed by atoms with Crippen LogP contribution in [-0.4, -0.2) is 106 Å². The van der Waals surface area contributed by atoms with Crippen LogP contribution >= 0.6 is 22.6 Å². The van der Waals surface area contributed by atoms with Crippen molar-refractivity contribution in [3.63, 3.8) is 0 Å². The third-order valence-electron chi connectivity index (χ3n) is 11.0. The first-order chi connectivity index (χ1) is 26.1. The standard InChI is InChI=1S/C40H60IN3O11/c1-7-9-11-18-39(19-12-10-8-2)53-31-28-21-40(33(36(49)51-28)44(55-34(40)32(31)54-39)22-25-14-13-15-26(41)20-25)37(50)43-30(24(3)46)35(48)42-27(23-45)16-17-29(47)52-38(4,5)6/h13-15,20,24,27-28,30-34,45-46H,7-12,16-19,21-23H2,1-6H3,(H,42,48)(H,43,50)/t24-,27-,28?,30+,31-,32-,33-,34+,40?/m0/s1. The second-order valence-electron chi connectivity index (χ2n) is 16.5. The summed E-state index contributed by atoms with van der Waals surface area (Å²) in [6.45, 7) is 10.5. The number of hydrogen-bond acceptors (Lipinski definition) is 12. The topological polar surface area (TPSA) is 182 Å². The summed E-state index contributed by atoms with van der Waals surface area (Å²) in [5.41, 5.74) is -1.41. The van der Waals surface area contributed by atoms with Gasteiger partial charge in [0.25, 0.3) is 0 Å². The monoisotopic (exact) mass is 885 g/mol. The van der Waals surface area contributed by atoms with E-state index < -0.39 is 95.8 Å². The molecule has 3 heterocycles. The summed E-state index contributed by atoms with van der Waals surface area (Å²) < 4.78 is 26.2. The minimum absolute atomic E-state index is 0.0521. The molecule has 5 rings (SSSR count). The molecule has 3 aliphatic heterocycles. The van der Waals surface area contributed by atoms with Gasteiger partial charge in [-0.1, -0.05) is 51.7 Å². The van der Waals surface area contributed by atoms with Gasteiger partial charge in [0, 0.05) is 29.3 Å². The molecule has 1 aromatic rings. The summed E-state index contributed by atoms with van der Waals surface area (Å²) in [5, 5.41) is 27.9. The highest BCUT2D eigenvalue weighted by Gasteiger charge is 2.76. The molecule has 0 aromatic heterocycles. The number of carbonyl (C=O) groups excluding carboxylic acids is 4. The molecule has 1 aliphatic carbocycles. The fraction of sp³-hybridized carbons (Fsp3) is 0.750. The fourth-order valence-corrected chi connectivity index (χ4v) is 8.99. The lowest BCUT2D eigenvalue weighted by Crippen LogP contribution is -2.71. The van der Waals surface area contributed by atoms with Crippen molar-refractivity contribution < 1.29 is 53.2 Å². The van der Waals surface area contributed by atoms with Crippen LogP contribution < -0.4 is 10.6 Å². The summed E-state index contributed by atoms with van der Waals surface area (Å²) in [6.07, 6.45) is 2.50. The average molecular weight is 886 g/mol. The van der Waals surface area contributed by atoms with Gasteiger partial charge in [-0.3, -0.25) is 24.0 Å². The number of aliphatic hydroxyl groups excluding tert-OH is 2. The number of carbonyl (C=O) groups is 4. The molecule has 4 aliphatic rings. The highest BCUT2D eigenvalue weighted by molar-refractivity contribution is 14.1. The molecule has 4 fully saturated rings. The number of rotatable bonds is 19. The van der Waals surface area contributed by atoms with Crippen LogP contribution in [0.4, 0.5) is 0 Å². The lowest BCUT2D eigenvalue weighted by Gasteiger charge is -2.49. The Bertz CT molecular complexity index is 1510. The average Bonchev–Trinajstić information content (AvgIpc) is 3.66. The molecule has 55 heavy (non-hydrogen) atoms. The first kappa shape index (κ1) is 43.7. The van der Waals surface area contributed by atoms with E-state index in [9.17, 15) is 29.4 Å². The SMILES string of the molecule is CCCCCC1(CCCCC)O[C@@H]2[C@H]3ON(Cc4cccc(I)c4)[C@H]4C(=O)OC(CC34C(=O)N[C@@H](C(=O)N[C@H](CO)CCC(=O)OC(C)(C)C)[C@H](C)O)[C@@H]2O1. The molecule has 14 nitrogen and oxygen atoms in total. The highest BCUT2D eigenvalue weighted by Crippen LogP contribution is 2.58. The van der Waals surface area contributed by atoms with E-state index in [0.29, 0.717) is 12.8 Å². The third kappa shape index (κ3) is 10.0. The zero-order valence-electron chi connectivity index (χ0n) is 33.0. The van der Waals surface area contributed by atoms with Crippen LogP contribution in [0, 0.1) is 8.99 Å². The number of hydrogen-bond donors (Lipinski definition) is 4. The molecule has 0 radical (unpaired) electrons. The van der Waals surface area contributed by atoms with Crippen LogP contribution in [0.15, 0.2) is 24.3 Å². The number of aliphatic hydroxyl groups is 2. The Kier molecular flexibility index (Phi) is 14.7. The van der Waals surface area contributed by atoms with Gasteiger partial charge in [-0.05, 0) is 87.2 Å². The predicted molar refractivity (Wildman–Crippen MR) is 209 cm³/mol. The van der Waals surface area contributed by atoms with Crippen molar-refractivity contribution in [3.05, 3.63) is 33.4 Å². The summed E-state index contributed by atoms with van der Waals surface area (Å²) >= 11 is 2.21. The van der Waals surface area contributed by atoms with Crippen LogP contribution in [-0.2, 0) is 49.5 Å². The number of benzene rings is 1. The van der Waals surface area contributed by atoms with Gasteiger partial charge < -0.3 is 39.8 Å². The van der Waals surface area contributed by atoms with Gasteiger partial charge >= 0.3 is 11.9 Å². The Balaban J connectivity index is 1.44. The molecule has 1 saturated carbocycles. The Morgan fingerprint density at radius 2 is 1.73 bits per heavy atom. The molecule has 3 saturated heterocycles. The van der Waals surface area contributed by atoms with Gasteiger partial charge in [0.2, 0.25) is 11.8 Å². The van der Waals surface area contributed by atoms with Crippen LogP contribution in [0.1, 0.15) is 118 Å². The molecule has 2 unspecified atom stereocenters. The molecule has 9 atom stereocenters. The van der Waals surface area contributed by atoms with Gasteiger partial charge in [-0.25, -0.2) is 0 Å². The summed E-state index contributed by atoms with van der Waals surface area (Å²) in [5.74, 6) is -3.50. The lowest BCUT2D eigenvalue weighted by atomic mass is 9.62. The minimum Gasteiger partial charge on any atom is -0.460 e. The van der Waals surface area contributed by atoms with E-state index in [-0.39, 0.29) is 25.8 Å². The maximum absolute atomic E-state index is 15.0. The van der Waals surface area contributed by atoms with Crippen molar-refractivity contribution >= 4 is 46.3 Å². The quantitative estimate of drug-likeness (QED) is 0.0885. The Morgan fingerprint density at radius 1 is 1.05 bits per heavy atom. The molecule has 4 N–H and O–H groups in total. The van der Waals surface area contributed by atoms with Crippen LogP contribution in [0.5, 0.6) is 0 Å². The van der Waals surface area contributed by atoms with Crippen molar-refractivity contribution in [3.8, 4) is 0 Å². The number of esters is 2. The van der Waals surface area contributed by atoms with E-state index >= 15 is 0 Å². The first-order valence-electron chi connectivity index (χ1n) is 19.9. The van der Waals surface area contributed by atoms with E-state index in [1.54, 1.807) is 20.8 Å². The van der Waals surface area contributed by atoms with Crippen molar-refractivity contribution in [1.82, 2.24) is 15.7 Å². The van der Waals surface area contributed by atoms with Crippen molar-refractivity contribution in [1.29, 1.82) is 0 Å². The van der Waals surface area contributed by atoms with Crippen molar-refractivity contribution in [2.24, 2.45) is 5.41 Å². The van der Waals surface area contributed by atoms with Gasteiger partial charge in [0.05, 0.1) is 25.3 Å². The van der Waals surface area contributed by atoms with Crippen LogP contribution in [0.25, 0.3) is 0 Å². The zero-order chi connectivity index (χ0) is 40.1. The number of hydroxylamine groups is 2. The van der Waals surface area contributed by atoms with E-state index in [1.807, 2.05) is 24.3 Å². The number of ether oxygens (including phenoxy) is 4. The van der Waals surface area contributed by atoms with Crippen molar-refractivity contribution in [2.45, 2.75) is 179 Å². The van der Waals surface area contributed by atoms with E-state index in [1.165, 1.54) is 12.0 Å². The van der Waals surface area contributed by atoms with E-state index in [2.05, 4.69) is 47.1 Å². The number of nitrogens with zero attached hydrogens (tertiary/aromatic N) is 1. The number of halogens is 1. The molecule has 1 aromatic carbocycles. The van der Waals surface area contributed by atoms with E-state index in [4.69, 9.17) is 23.8 Å². The van der Waals surface area contributed by atoms with Crippen molar-refractivity contribution in [2.75, 3.05) is 6.61 Å². The lowest BCUT2D eigenvalue weighted by molar-refractivity contribution is -0.224. The summed E-state index contributed by atoms with van der Waals surface area (Å²) in [7, 11) is 0. The molecule has 0 spiro atoms. The first-order valence-corrected chi connectivity index (χ1v) is 21.0. The van der Waals surface area contributed by atoms with Gasteiger partial charge in [-0.15, -0.1) is 0 Å². The van der Waals surface area contributed by atoms with Crippen LogP contribution in [0.3, 0.4) is 0 Å². The smallest absolute Gasteiger partial charge is 0.327 e. The zero-order valence-corrected chi connectivity index (χ0v) is 35.2. The van der Waals surface area contributed by atoms with E-state index in [0.717, 1.165) is 47.7 Å². The second-order valence-corrected chi connectivity index (χ2v) is 17.8. The third-order valence-corrected chi connectivity index (χ3v) is 11.6. The Labute approximate surface area is 338 Å². The molecule has 308 valence electrons. The number of nitrogens with one attached hydrogen (secondary N) is 2. The van der Waals surface area contributed by atoms with Gasteiger partial charge in [0.1, 0.15) is 41.5 Å². The van der Waals surface area contributed by atoms with Gasteiger partial charge in [-0.2, -0.15) is 5.06 Å². The molecular formula is C40H60IN3O11. The molecule has 15 heteroatoms. The minimum atomic E-state index is -1.57. The summed E-state index contributed by atoms with van der Waals surface area (Å²) in [6, 6.07) is 4.21. The number of amides is 2. The molecule has 2 amide bonds. The highest BCUT2D eigenvalue weighted by atomic mass is 127. The second kappa shape index (κ2) is 18.5. The molecular weight excluding hydrogens is 825 g/mol.